The van der Waals surface area contributed by atoms with E-state index >= 15 is 0 Å². The molecule has 0 atom stereocenters. The molecule has 106 valence electrons. The Labute approximate surface area is 131 Å². The summed E-state index contributed by atoms with van der Waals surface area (Å²) in [4.78, 5) is 0. The smallest absolute Gasteiger partial charge is 0.195 e. The van der Waals surface area contributed by atoms with Gasteiger partial charge >= 0.3 is 0 Å². The molecule has 0 fully saturated rings. The summed E-state index contributed by atoms with van der Waals surface area (Å²) < 4.78 is 0. The van der Waals surface area contributed by atoms with Gasteiger partial charge in [0.05, 0.1) is 0 Å². The molecule has 2 rings (SSSR count). The van der Waals surface area contributed by atoms with Crippen LogP contribution in [0.4, 0.5) is 0 Å². The second kappa shape index (κ2) is 7.12. The minimum atomic E-state index is -1.38. The lowest BCUT2D eigenvalue weighted by Crippen LogP contribution is -2.19. The molecule has 2 nitrogen and oxygen atoms in total. The Morgan fingerprint density at radius 2 is 1.55 bits per heavy atom. The minimum Gasteiger partial charge on any atom is -0.195 e. The third-order valence-electron chi connectivity index (χ3n) is 3.60. The van der Waals surface area contributed by atoms with Crippen molar-refractivity contribution in [3.63, 3.8) is 0 Å². The summed E-state index contributed by atoms with van der Waals surface area (Å²) in [7, 11) is 0. The Balaban J connectivity index is 2.16. The maximum Gasteiger partial charge on any atom is 0.228 e. The summed E-state index contributed by atoms with van der Waals surface area (Å²) in [5.41, 5.74) is 1.73. The molecule has 0 aliphatic rings. The molecular weight excluding hydrogens is 268 g/mol. The van der Waals surface area contributed by atoms with Crippen molar-refractivity contribution < 1.29 is 0 Å². The molecule has 2 aromatic carbocycles. The minimum absolute atomic E-state index is 0.628. The maximum atomic E-state index is 9.42. The molecule has 2 heteroatoms. The average Bonchev–Trinajstić information content (AvgIpc) is 2.58. The molecule has 0 bridgehead atoms. The SMILES string of the molecule is Cc1ccccc1CCC#CC(C#N)(C#N)c1ccccc1. The van der Waals surface area contributed by atoms with E-state index in [0.717, 1.165) is 6.42 Å². The standard InChI is InChI=1S/C20H16N2/c1-17-9-5-6-10-18(17)11-7-8-14-20(15-21,16-22)19-12-3-2-4-13-19/h2-6,9-10,12-13H,7,11H2,1H3. The molecule has 0 spiro atoms. The predicted octanol–water partition coefficient (Wildman–Crippen LogP) is 3.92. The van der Waals surface area contributed by atoms with Crippen LogP contribution in [0.15, 0.2) is 54.6 Å². The van der Waals surface area contributed by atoms with Crippen LogP contribution in [0.25, 0.3) is 0 Å². The number of hydrogen-bond acceptors (Lipinski definition) is 2. The van der Waals surface area contributed by atoms with Crippen LogP contribution in [-0.2, 0) is 11.8 Å². The quantitative estimate of drug-likeness (QED) is 0.802. The fraction of sp³-hybridized carbons (Fsp3) is 0.200. The van der Waals surface area contributed by atoms with Gasteiger partial charge in [-0.2, -0.15) is 10.5 Å². The van der Waals surface area contributed by atoms with Crippen molar-refractivity contribution in [2.24, 2.45) is 0 Å². The van der Waals surface area contributed by atoms with E-state index in [9.17, 15) is 10.5 Å². The Hall–Kier alpha value is -3.02. The summed E-state index contributed by atoms with van der Waals surface area (Å²) in [6.07, 6.45) is 1.45. The summed E-state index contributed by atoms with van der Waals surface area (Å²) in [6.45, 7) is 2.07. The second-order valence-corrected chi connectivity index (χ2v) is 5.07. The number of hydrogen-bond donors (Lipinski definition) is 0. The van der Waals surface area contributed by atoms with Gasteiger partial charge in [0, 0.05) is 6.42 Å². The first-order valence-corrected chi connectivity index (χ1v) is 7.14. The summed E-state index contributed by atoms with van der Waals surface area (Å²) in [6, 6.07) is 21.3. The molecule has 0 saturated carbocycles. The van der Waals surface area contributed by atoms with Crippen molar-refractivity contribution >= 4 is 0 Å². The van der Waals surface area contributed by atoms with Crippen LogP contribution in [-0.4, -0.2) is 0 Å². The summed E-state index contributed by atoms with van der Waals surface area (Å²) >= 11 is 0. The molecule has 0 aromatic heterocycles. The zero-order chi connectivity index (χ0) is 15.8. The zero-order valence-electron chi connectivity index (χ0n) is 12.5. The third-order valence-corrected chi connectivity index (χ3v) is 3.60. The van der Waals surface area contributed by atoms with E-state index in [1.54, 1.807) is 12.1 Å². The van der Waals surface area contributed by atoms with Gasteiger partial charge in [0.15, 0.2) is 0 Å². The van der Waals surface area contributed by atoms with Crippen LogP contribution in [0.2, 0.25) is 0 Å². The molecule has 0 N–H and O–H groups in total. The Morgan fingerprint density at radius 3 is 2.18 bits per heavy atom. The Bertz CT molecular complexity index is 766. The molecule has 0 aliphatic carbocycles. The van der Waals surface area contributed by atoms with Crippen LogP contribution < -0.4 is 0 Å². The molecule has 0 unspecified atom stereocenters. The van der Waals surface area contributed by atoms with Gasteiger partial charge in [0.1, 0.15) is 12.1 Å². The Kier molecular flexibility index (Phi) is 4.98. The fourth-order valence-corrected chi connectivity index (χ4v) is 2.25. The third kappa shape index (κ3) is 3.35. The van der Waals surface area contributed by atoms with E-state index in [1.165, 1.54) is 11.1 Å². The molecular formula is C20H16N2. The highest BCUT2D eigenvalue weighted by atomic mass is 14.4. The lowest BCUT2D eigenvalue weighted by molar-refractivity contribution is 0.917. The zero-order valence-corrected chi connectivity index (χ0v) is 12.5. The lowest BCUT2D eigenvalue weighted by atomic mass is 9.84. The molecule has 0 heterocycles. The van der Waals surface area contributed by atoms with Gasteiger partial charge in [0.25, 0.3) is 0 Å². The predicted molar refractivity (Wildman–Crippen MR) is 86.6 cm³/mol. The van der Waals surface area contributed by atoms with Crippen molar-refractivity contribution in [1.29, 1.82) is 10.5 Å². The first-order valence-electron chi connectivity index (χ1n) is 7.14. The lowest BCUT2D eigenvalue weighted by Gasteiger charge is -2.11. The van der Waals surface area contributed by atoms with Crippen molar-refractivity contribution in [2.45, 2.75) is 25.2 Å². The van der Waals surface area contributed by atoms with Gasteiger partial charge in [-0.3, -0.25) is 0 Å². The largest absolute Gasteiger partial charge is 0.228 e. The molecule has 2 aromatic rings. The van der Waals surface area contributed by atoms with Crippen LogP contribution >= 0.6 is 0 Å². The van der Waals surface area contributed by atoms with E-state index in [2.05, 4.69) is 43.0 Å². The molecule has 0 amide bonds. The first-order chi connectivity index (χ1) is 10.7. The van der Waals surface area contributed by atoms with Crippen LogP contribution in [0, 0.1) is 41.4 Å². The van der Waals surface area contributed by atoms with Gasteiger partial charge in [-0.1, -0.05) is 66.4 Å². The number of nitriles is 2. The van der Waals surface area contributed by atoms with Crippen molar-refractivity contribution in [3.8, 4) is 24.0 Å². The van der Waals surface area contributed by atoms with E-state index in [4.69, 9.17) is 0 Å². The normalized spacial score (nSPS) is 9.95. The van der Waals surface area contributed by atoms with E-state index in [1.807, 2.05) is 30.3 Å². The number of rotatable bonds is 3. The molecule has 0 saturated heterocycles. The van der Waals surface area contributed by atoms with Gasteiger partial charge in [-0.15, -0.1) is 0 Å². The van der Waals surface area contributed by atoms with Crippen LogP contribution in [0.5, 0.6) is 0 Å². The topological polar surface area (TPSA) is 47.6 Å². The first kappa shape index (κ1) is 15.4. The van der Waals surface area contributed by atoms with Crippen molar-refractivity contribution in [2.75, 3.05) is 0 Å². The van der Waals surface area contributed by atoms with Gasteiger partial charge in [-0.05, 0) is 30.0 Å². The molecule has 0 aliphatic heterocycles. The second-order valence-electron chi connectivity index (χ2n) is 5.07. The van der Waals surface area contributed by atoms with E-state index < -0.39 is 5.41 Å². The van der Waals surface area contributed by atoms with Crippen molar-refractivity contribution in [3.05, 3.63) is 71.3 Å². The van der Waals surface area contributed by atoms with E-state index in [0.29, 0.717) is 12.0 Å². The molecule has 0 radical (unpaired) electrons. The maximum absolute atomic E-state index is 9.42. The van der Waals surface area contributed by atoms with Crippen molar-refractivity contribution in [1.82, 2.24) is 0 Å². The fourth-order valence-electron chi connectivity index (χ4n) is 2.25. The van der Waals surface area contributed by atoms with Crippen LogP contribution in [0.1, 0.15) is 23.1 Å². The highest BCUT2D eigenvalue weighted by molar-refractivity contribution is 5.50. The summed E-state index contributed by atoms with van der Waals surface area (Å²) in [5.74, 6) is 5.87. The highest BCUT2D eigenvalue weighted by Gasteiger charge is 2.29. The average molecular weight is 284 g/mol. The Morgan fingerprint density at radius 1 is 0.909 bits per heavy atom. The highest BCUT2D eigenvalue weighted by Crippen LogP contribution is 2.21. The van der Waals surface area contributed by atoms with Gasteiger partial charge < -0.3 is 0 Å². The molecule has 22 heavy (non-hydrogen) atoms. The van der Waals surface area contributed by atoms with Gasteiger partial charge in [-0.25, -0.2) is 0 Å². The number of aryl methyl sites for hydroxylation is 2. The summed E-state index contributed by atoms with van der Waals surface area (Å²) in [5, 5.41) is 18.8. The number of nitrogens with zero attached hydrogens (tertiary/aromatic N) is 2. The monoisotopic (exact) mass is 284 g/mol. The van der Waals surface area contributed by atoms with E-state index in [-0.39, 0.29) is 0 Å². The van der Waals surface area contributed by atoms with Crippen LogP contribution in [0.3, 0.4) is 0 Å². The van der Waals surface area contributed by atoms with Gasteiger partial charge in [0.2, 0.25) is 5.41 Å². The number of benzene rings is 2.